The first-order valence-electron chi connectivity index (χ1n) is 7.49. The lowest BCUT2D eigenvalue weighted by molar-refractivity contribution is -0.139. The van der Waals surface area contributed by atoms with Gasteiger partial charge in [-0.3, -0.25) is 0 Å². The van der Waals surface area contributed by atoms with Gasteiger partial charge in [-0.25, -0.2) is 8.42 Å². The largest absolute Gasteiger partial charge is 0.468 e. The Kier molecular flexibility index (Phi) is 4.92. The minimum absolute atomic E-state index is 0.234. The molecular weight excluding hydrogens is 371 g/mol. The highest BCUT2D eigenvalue weighted by Crippen LogP contribution is 2.35. The van der Waals surface area contributed by atoms with Crippen LogP contribution >= 0.6 is 0 Å². The number of alkyl halides is 3. The average molecular weight is 385 g/mol. The van der Waals surface area contributed by atoms with Crippen LogP contribution in [0.1, 0.15) is 17.1 Å². The lowest BCUT2D eigenvalue weighted by atomic mass is 10.2. The molecule has 0 amide bonds. The van der Waals surface area contributed by atoms with Crippen LogP contribution < -0.4 is 0 Å². The highest BCUT2D eigenvalue weighted by Gasteiger charge is 2.39. The number of furan rings is 2. The van der Waals surface area contributed by atoms with Gasteiger partial charge >= 0.3 is 6.18 Å². The fourth-order valence-corrected chi connectivity index (χ4v) is 4.03. The summed E-state index contributed by atoms with van der Waals surface area (Å²) in [4.78, 5) is -0.814. The van der Waals surface area contributed by atoms with Gasteiger partial charge in [0.15, 0.2) is 0 Å². The van der Waals surface area contributed by atoms with E-state index in [2.05, 4.69) is 0 Å². The zero-order valence-corrected chi connectivity index (χ0v) is 14.1. The van der Waals surface area contributed by atoms with Crippen molar-refractivity contribution < 1.29 is 30.4 Å². The maximum Gasteiger partial charge on any atom is 0.417 e. The molecule has 0 radical (unpaired) electrons. The molecule has 0 spiro atoms. The Morgan fingerprint density at radius 2 is 1.38 bits per heavy atom. The minimum Gasteiger partial charge on any atom is -0.468 e. The average Bonchev–Trinajstić information content (AvgIpc) is 3.27. The smallest absolute Gasteiger partial charge is 0.417 e. The maximum absolute atomic E-state index is 13.3. The normalized spacial score (nSPS) is 12.6. The summed E-state index contributed by atoms with van der Waals surface area (Å²) in [6.07, 6.45) is -2.09. The zero-order valence-electron chi connectivity index (χ0n) is 13.3. The van der Waals surface area contributed by atoms with E-state index in [0.29, 0.717) is 11.5 Å². The summed E-state index contributed by atoms with van der Waals surface area (Å²) in [6.45, 7) is -0.468. The van der Waals surface area contributed by atoms with Gasteiger partial charge in [0.25, 0.3) is 0 Å². The van der Waals surface area contributed by atoms with Crippen LogP contribution in [0.5, 0.6) is 0 Å². The van der Waals surface area contributed by atoms with E-state index in [4.69, 9.17) is 8.83 Å². The third-order valence-corrected chi connectivity index (χ3v) is 5.48. The Hall–Kier alpha value is -2.52. The zero-order chi connectivity index (χ0) is 18.8. The van der Waals surface area contributed by atoms with Crippen molar-refractivity contribution in [1.29, 1.82) is 0 Å². The molecule has 0 aliphatic carbocycles. The van der Waals surface area contributed by atoms with Gasteiger partial charge in [0.2, 0.25) is 10.0 Å². The van der Waals surface area contributed by atoms with Crippen LogP contribution in [0.15, 0.2) is 74.8 Å². The van der Waals surface area contributed by atoms with E-state index in [1.54, 1.807) is 24.3 Å². The van der Waals surface area contributed by atoms with Crippen LogP contribution in [0.4, 0.5) is 13.2 Å². The number of halogens is 3. The highest BCUT2D eigenvalue weighted by molar-refractivity contribution is 7.89. The molecule has 5 nitrogen and oxygen atoms in total. The van der Waals surface area contributed by atoms with E-state index in [-0.39, 0.29) is 13.1 Å². The van der Waals surface area contributed by atoms with Crippen molar-refractivity contribution >= 4 is 10.0 Å². The van der Waals surface area contributed by atoms with E-state index in [0.717, 1.165) is 22.5 Å². The molecule has 0 aliphatic rings. The molecule has 3 aromatic rings. The lowest BCUT2D eigenvalue weighted by Gasteiger charge is -2.22. The van der Waals surface area contributed by atoms with Gasteiger partial charge < -0.3 is 8.83 Å². The summed E-state index contributed by atoms with van der Waals surface area (Å²) in [7, 11) is -4.47. The first-order chi connectivity index (χ1) is 12.3. The van der Waals surface area contributed by atoms with Crippen LogP contribution in [-0.2, 0) is 29.3 Å². The van der Waals surface area contributed by atoms with Crippen LogP contribution in [0.3, 0.4) is 0 Å². The molecule has 3 rings (SSSR count). The molecule has 0 N–H and O–H groups in total. The number of sulfonamides is 1. The summed E-state index contributed by atoms with van der Waals surface area (Å²) < 4.78 is 77.0. The Morgan fingerprint density at radius 1 is 0.846 bits per heavy atom. The molecule has 0 aliphatic heterocycles. The molecule has 26 heavy (non-hydrogen) atoms. The molecule has 0 bridgehead atoms. The number of hydrogen-bond acceptors (Lipinski definition) is 4. The summed E-state index contributed by atoms with van der Waals surface area (Å²) in [5.41, 5.74) is -1.22. The van der Waals surface area contributed by atoms with Gasteiger partial charge in [0.1, 0.15) is 11.5 Å². The van der Waals surface area contributed by atoms with Crippen molar-refractivity contribution in [1.82, 2.24) is 4.31 Å². The third-order valence-electron chi connectivity index (χ3n) is 3.63. The number of rotatable bonds is 6. The van der Waals surface area contributed by atoms with E-state index in [1.807, 2.05) is 0 Å². The quantitative estimate of drug-likeness (QED) is 0.635. The van der Waals surface area contributed by atoms with Crippen molar-refractivity contribution in [2.45, 2.75) is 24.2 Å². The first-order valence-corrected chi connectivity index (χ1v) is 8.93. The molecule has 2 heterocycles. The van der Waals surface area contributed by atoms with Crippen LogP contribution in [-0.4, -0.2) is 12.7 Å². The topological polar surface area (TPSA) is 63.7 Å². The molecule has 0 saturated heterocycles. The molecule has 0 unspecified atom stereocenters. The highest BCUT2D eigenvalue weighted by atomic mass is 32.2. The molecule has 1 aromatic carbocycles. The predicted molar refractivity (Wildman–Crippen MR) is 85.3 cm³/mol. The van der Waals surface area contributed by atoms with Gasteiger partial charge in [-0.15, -0.1) is 0 Å². The summed E-state index contributed by atoms with van der Waals surface area (Å²) in [5, 5.41) is 0. The number of hydrogen-bond donors (Lipinski definition) is 0. The Labute approximate surface area is 147 Å². The second-order valence-corrected chi connectivity index (χ2v) is 7.33. The van der Waals surface area contributed by atoms with E-state index in [1.165, 1.54) is 18.6 Å². The minimum atomic E-state index is -4.80. The van der Waals surface area contributed by atoms with E-state index >= 15 is 0 Å². The van der Waals surface area contributed by atoms with Gasteiger partial charge in [0.05, 0.1) is 36.1 Å². The fraction of sp³-hybridized carbons (Fsp3) is 0.176. The number of nitrogens with zero attached hydrogens (tertiary/aromatic N) is 1. The van der Waals surface area contributed by atoms with Gasteiger partial charge in [-0.2, -0.15) is 17.5 Å². The SMILES string of the molecule is O=S(=O)(c1ccccc1C(F)(F)F)N(Cc1ccco1)Cc1ccco1. The first kappa shape index (κ1) is 18.3. The third kappa shape index (κ3) is 3.83. The van der Waals surface area contributed by atoms with E-state index < -0.39 is 26.7 Å². The maximum atomic E-state index is 13.3. The predicted octanol–water partition coefficient (Wildman–Crippen LogP) is 4.28. The standard InChI is InChI=1S/C17H14F3NO4S/c18-17(19,20)15-7-1-2-8-16(15)26(22,23)21(11-13-5-3-9-24-13)12-14-6-4-10-25-14/h1-10H,11-12H2. The summed E-state index contributed by atoms with van der Waals surface area (Å²) >= 11 is 0. The Bertz CT molecular complexity index is 912. The Morgan fingerprint density at radius 3 is 1.85 bits per heavy atom. The lowest BCUT2D eigenvalue weighted by Crippen LogP contribution is -2.31. The molecule has 0 atom stereocenters. The summed E-state index contributed by atoms with van der Waals surface area (Å²) in [6, 6.07) is 10.3. The van der Waals surface area contributed by atoms with Crippen molar-refractivity contribution in [3.63, 3.8) is 0 Å². The monoisotopic (exact) mass is 385 g/mol. The number of benzene rings is 1. The molecular formula is C17H14F3NO4S. The van der Waals surface area contributed by atoms with Gasteiger partial charge in [-0.1, -0.05) is 12.1 Å². The molecule has 2 aromatic heterocycles. The molecule has 0 saturated carbocycles. The van der Waals surface area contributed by atoms with Crippen LogP contribution in [0, 0.1) is 0 Å². The second-order valence-electron chi connectivity index (χ2n) is 5.43. The van der Waals surface area contributed by atoms with Gasteiger partial charge in [-0.05, 0) is 36.4 Å². The molecule has 9 heteroatoms. The van der Waals surface area contributed by atoms with Crippen LogP contribution in [0.25, 0.3) is 0 Å². The van der Waals surface area contributed by atoms with Crippen molar-refractivity contribution in [2.24, 2.45) is 0 Å². The summed E-state index contributed by atoms with van der Waals surface area (Å²) in [5.74, 6) is 0.592. The second kappa shape index (κ2) is 7.00. The molecule has 0 fully saturated rings. The molecule has 138 valence electrons. The van der Waals surface area contributed by atoms with Crippen molar-refractivity contribution in [2.75, 3.05) is 0 Å². The Balaban J connectivity index is 2.04. The van der Waals surface area contributed by atoms with Crippen molar-refractivity contribution in [3.05, 3.63) is 78.1 Å². The van der Waals surface area contributed by atoms with Crippen LogP contribution in [0.2, 0.25) is 0 Å². The fourth-order valence-electron chi connectivity index (χ4n) is 2.44. The van der Waals surface area contributed by atoms with Crippen molar-refractivity contribution in [3.8, 4) is 0 Å². The van der Waals surface area contributed by atoms with Gasteiger partial charge in [0, 0.05) is 0 Å². The van der Waals surface area contributed by atoms with E-state index in [9.17, 15) is 21.6 Å².